The van der Waals surface area contributed by atoms with Gasteiger partial charge in [-0.25, -0.2) is 0 Å². The molecule has 0 aliphatic carbocycles. The van der Waals surface area contributed by atoms with Crippen LogP contribution >= 0.6 is 0 Å². The smallest absolute Gasteiger partial charge is 0.192 e. The lowest BCUT2D eigenvalue weighted by atomic mass is 10.1. The van der Waals surface area contributed by atoms with E-state index >= 15 is 0 Å². The highest BCUT2D eigenvalue weighted by Gasteiger charge is 2.26. The Labute approximate surface area is 83.3 Å². The first-order valence-corrected chi connectivity index (χ1v) is 4.23. The summed E-state index contributed by atoms with van der Waals surface area (Å²) in [6.45, 7) is 1.53. The van der Waals surface area contributed by atoms with Crippen molar-refractivity contribution >= 4 is 5.69 Å². The lowest BCUT2D eigenvalue weighted by Crippen LogP contribution is -2.24. The number of aliphatic hydroxyl groups is 1. The van der Waals surface area contributed by atoms with Gasteiger partial charge in [0.25, 0.3) is 0 Å². The third-order valence-electron chi connectivity index (χ3n) is 2.12. The molecule has 0 saturated heterocycles. The van der Waals surface area contributed by atoms with Gasteiger partial charge in [0, 0.05) is 12.8 Å². The molecular formula is C10H15NO3. The van der Waals surface area contributed by atoms with Crippen molar-refractivity contribution in [2.24, 2.45) is 0 Å². The van der Waals surface area contributed by atoms with Gasteiger partial charge in [-0.15, -0.1) is 0 Å². The van der Waals surface area contributed by atoms with Gasteiger partial charge >= 0.3 is 0 Å². The molecule has 0 amide bonds. The van der Waals surface area contributed by atoms with E-state index in [2.05, 4.69) is 0 Å². The van der Waals surface area contributed by atoms with Crippen molar-refractivity contribution < 1.29 is 14.6 Å². The Morgan fingerprint density at radius 1 is 1.36 bits per heavy atom. The molecule has 0 aliphatic rings. The van der Waals surface area contributed by atoms with Crippen molar-refractivity contribution in [3.8, 4) is 5.75 Å². The molecule has 1 aromatic carbocycles. The predicted molar refractivity (Wildman–Crippen MR) is 54.0 cm³/mol. The number of nitrogens with two attached hydrogens (primary N) is 1. The van der Waals surface area contributed by atoms with Crippen LogP contribution in [0.25, 0.3) is 0 Å². The largest absolute Gasteiger partial charge is 0.496 e. The van der Waals surface area contributed by atoms with Gasteiger partial charge in [0.15, 0.2) is 5.79 Å². The molecule has 1 rings (SSSR count). The Bertz CT molecular complexity index is 323. The zero-order chi connectivity index (χ0) is 10.8. The van der Waals surface area contributed by atoms with E-state index in [1.54, 1.807) is 18.2 Å². The first-order valence-electron chi connectivity index (χ1n) is 4.23. The molecule has 0 radical (unpaired) electrons. The number of nitrogen functional groups attached to an aromatic ring is 1. The van der Waals surface area contributed by atoms with E-state index in [4.69, 9.17) is 15.2 Å². The Kier molecular flexibility index (Phi) is 2.98. The zero-order valence-corrected chi connectivity index (χ0v) is 8.57. The summed E-state index contributed by atoms with van der Waals surface area (Å²) in [4.78, 5) is 0. The maximum Gasteiger partial charge on any atom is 0.192 e. The van der Waals surface area contributed by atoms with Crippen molar-refractivity contribution in [2.75, 3.05) is 20.0 Å². The number of anilines is 1. The molecule has 0 fully saturated rings. The minimum absolute atomic E-state index is 0.516. The molecule has 14 heavy (non-hydrogen) atoms. The van der Waals surface area contributed by atoms with E-state index in [-0.39, 0.29) is 0 Å². The summed E-state index contributed by atoms with van der Waals surface area (Å²) in [5, 5.41) is 9.87. The maximum atomic E-state index is 9.87. The predicted octanol–water partition coefficient (Wildman–Crippen LogP) is 1.09. The van der Waals surface area contributed by atoms with Crippen LogP contribution in [0.2, 0.25) is 0 Å². The fraction of sp³-hybridized carbons (Fsp3) is 0.400. The lowest BCUT2D eigenvalue weighted by molar-refractivity contribution is -0.179. The molecule has 0 bridgehead atoms. The summed E-state index contributed by atoms with van der Waals surface area (Å²) < 4.78 is 10.0. The number of ether oxygens (including phenoxy) is 2. The quantitative estimate of drug-likeness (QED) is 0.562. The molecule has 4 nitrogen and oxygen atoms in total. The van der Waals surface area contributed by atoms with Gasteiger partial charge in [-0.1, -0.05) is 0 Å². The average Bonchev–Trinajstić information content (AvgIpc) is 2.18. The van der Waals surface area contributed by atoms with Crippen LogP contribution in [-0.4, -0.2) is 19.3 Å². The fourth-order valence-electron chi connectivity index (χ4n) is 1.20. The molecule has 3 N–H and O–H groups in total. The van der Waals surface area contributed by atoms with Crippen LogP contribution < -0.4 is 10.5 Å². The normalized spacial score (nSPS) is 14.9. The summed E-state index contributed by atoms with van der Waals surface area (Å²) in [7, 11) is 2.95. The van der Waals surface area contributed by atoms with Crippen molar-refractivity contribution in [3.05, 3.63) is 23.8 Å². The minimum Gasteiger partial charge on any atom is -0.496 e. The van der Waals surface area contributed by atoms with E-state index in [1.165, 1.54) is 21.1 Å². The second-order valence-electron chi connectivity index (χ2n) is 3.15. The van der Waals surface area contributed by atoms with Crippen molar-refractivity contribution in [1.82, 2.24) is 0 Å². The van der Waals surface area contributed by atoms with E-state index < -0.39 is 5.79 Å². The van der Waals surface area contributed by atoms with Crippen LogP contribution in [-0.2, 0) is 10.5 Å². The summed E-state index contributed by atoms with van der Waals surface area (Å²) in [6, 6.07) is 5.02. The van der Waals surface area contributed by atoms with Crippen LogP contribution in [0, 0.1) is 0 Å². The number of hydrogen-bond acceptors (Lipinski definition) is 4. The van der Waals surface area contributed by atoms with E-state index in [9.17, 15) is 5.11 Å². The van der Waals surface area contributed by atoms with E-state index in [0.717, 1.165) is 0 Å². The molecule has 1 aromatic rings. The highest BCUT2D eigenvalue weighted by atomic mass is 16.6. The third-order valence-corrected chi connectivity index (χ3v) is 2.12. The van der Waals surface area contributed by atoms with Crippen LogP contribution in [0.5, 0.6) is 5.75 Å². The summed E-state index contributed by atoms with van der Waals surface area (Å²) in [5.74, 6) is -0.841. The molecule has 0 aromatic heterocycles. The molecule has 1 atom stereocenters. The maximum absolute atomic E-state index is 9.87. The Morgan fingerprint density at radius 2 is 2.00 bits per heavy atom. The first kappa shape index (κ1) is 10.8. The molecular weight excluding hydrogens is 182 g/mol. The first-order chi connectivity index (χ1) is 6.51. The molecule has 0 aliphatic heterocycles. The topological polar surface area (TPSA) is 64.7 Å². The highest BCUT2D eigenvalue weighted by molar-refractivity contribution is 5.49. The monoisotopic (exact) mass is 197 g/mol. The van der Waals surface area contributed by atoms with Crippen LogP contribution in [0.4, 0.5) is 5.69 Å². The van der Waals surface area contributed by atoms with Crippen LogP contribution in [0.15, 0.2) is 18.2 Å². The van der Waals surface area contributed by atoms with E-state index in [0.29, 0.717) is 17.0 Å². The Morgan fingerprint density at radius 3 is 2.50 bits per heavy atom. The second-order valence-corrected chi connectivity index (χ2v) is 3.15. The van der Waals surface area contributed by atoms with Crippen LogP contribution in [0.1, 0.15) is 12.5 Å². The Balaban J connectivity index is 3.23. The third kappa shape index (κ3) is 1.97. The average molecular weight is 197 g/mol. The second kappa shape index (κ2) is 3.86. The van der Waals surface area contributed by atoms with Gasteiger partial charge in [0.1, 0.15) is 5.75 Å². The van der Waals surface area contributed by atoms with Gasteiger partial charge in [-0.05, 0) is 25.1 Å². The summed E-state index contributed by atoms with van der Waals surface area (Å²) in [6.07, 6.45) is 0. The van der Waals surface area contributed by atoms with Crippen molar-refractivity contribution in [1.29, 1.82) is 0 Å². The number of hydrogen-bond donors (Lipinski definition) is 2. The van der Waals surface area contributed by atoms with Gasteiger partial charge in [0.05, 0.1) is 12.7 Å². The van der Waals surface area contributed by atoms with Crippen LogP contribution in [0.3, 0.4) is 0 Å². The highest BCUT2D eigenvalue weighted by Crippen LogP contribution is 2.31. The molecule has 0 saturated carbocycles. The standard InChI is InChI=1S/C10H15NO3/c1-10(12,14-3)8-6-7(11)4-5-9(8)13-2/h4-6,12H,11H2,1-3H3. The van der Waals surface area contributed by atoms with Gasteiger partial charge in [-0.2, -0.15) is 0 Å². The lowest BCUT2D eigenvalue weighted by Gasteiger charge is -2.24. The van der Waals surface area contributed by atoms with Gasteiger partial charge in [0.2, 0.25) is 0 Å². The van der Waals surface area contributed by atoms with E-state index in [1.807, 2.05) is 0 Å². The van der Waals surface area contributed by atoms with Crippen molar-refractivity contribution in [3.63, 3.8) is 0 Å². The molecule has 4 heteroatoms. The fourth-order valence-corrected chi connectivity index (χ4v) is 1.20. The molecule has 78 valence electrons. The summed E-state index contributed by atoms with van der Waals surface area (Å²) >= 11 is 0. The number of rotatable bonds is 3. The number of methoxy groups -OCH3 is 2. The summed E-state index contributed by atoms with van der Waals surface area (Å²) in [5.41, 5.74) is 6.68. The van der Waals surface area contributed by atoms with Gasteiger partial charge in [-0.3, -0.25) is 0 Å². The minimum atomic E-state index is -1.39. The molecule has 1 unspecified atom stereocenters. The zero-order valence-electron chi connectivity index (χ0n) is 8.57. The number of benzene rings is 1. The SMILES string of the molecule is COc1ccc(N)cc1C(C)(O)OC. The molecule has 0 heterocycles. The molecule has 0 spiro atoms. The van der Waals surface area contributed by atoms with Gasteiger partial charge < -0.3 is 20.3 Å². The van der Waals surface area contributed by atoms with Crippen molar-refractivity contribution in [2.45, 2.75) is 12.7 Å². The Hall–Kier alpha value is -1.26.